The van der Waals surface area contributed by atoms with Gasteiger partial charge in [0, 0.05) is 20.1 Å². The zero-order chi connectivity index (χ0) is 16.3. The van der Waals surface area contributed by atoms with E-state index in [4.69, 9.17) is 0 Å². The molecule has 0 spiro atoms. The van der Waals surface area contributed by atoms with Gasteiger partial charge in [0.05, 0.1) is 23.3 Å². The van der Waals surface area contributed by atoms with Crippen LogP contribution in [0.25, 0.3) is 23.3 Å². The lowest BCUT2D eigenvalue weighted by Gasteiger charge is -2.14. The third-order valence-electron chi connectivity index (χ3n) is 3.19. The van der Waals surface area contributed by atoms with E-state index in [0.717, 1.165) is 20.1 Å². The SMILES string of the molecule is C=Cc1cc(C#N)c(-c2c(Br)cc(Br)cc2C#N)c(C=C)c1. The molecule has 106 valence electrons. The Bertz CT molecular complexity index is 868. The minimum Gasteiger partial charge on any atom is -0.192 e. The first-order valence-electron chi connectivity index (χ1n) is 6.28. The van der Waals surface area contributed by atoms with Gasteiger partial charge >= 0.3 is 0 Å². The van der Waals surface area contributed by atoms with Gasteiger partial charge in [-0.3, -0.25) is 0 Å². The van der Waals surface area contributed by atoms with Crippen LogP contribution in [0.1, 0.15) is 22.3 Å². The van der Waals surface area contributed by atoms with Crippen molar-refractivity contribution >= 4 is 44.0 Å². The van der Waals surface area contributed by atoms with Gasteiger partial charge in [0.1, 0.15) is 0 Å². The summed E-state index contributed by atoms with van der Waals surface area (Å²) in [6, 6.07) is 11.6. The smallest absolute Gasteiger partial charge is 0.0999 e. The molecule has 0 unspecified atom stereocenters. The van der Waals surface area contributed by atoms with Crippen LogP contribution in [0.4, 0.5) is 0 Å². The number of hydrogen-bond donors (Lipinski definition) is 0. The number of nitriles is 2. The van der Waals surface area contributed by atoms with Gasteiger partial charge in [-0.25, -0.2) is 0 Å². The van der Waals surface area contributed by atoms with Crippen LogP contribution in [0.15, 0.2) is 46.4 Å². The normalized spacial score (nSPS) is 9.64. The average Bonchev–Trinajstić information content (AvgIpc) is 2.53. The predicted octanol–water partition coefficient (Wildman–Crippen LogP) is 5.91. The first-order chi connectivity index (χ1) is 10.5. The number of rotatable bonds is 3. The van der Waals surface area contributed by atoms with Crippen molar-refractivity contribution in [1.82, 2.24) is 0 Å². The second-order valence-electron chi connectivity index (χ2n) is 4.47. The van der Waals surface area contributed by atoms with Crippen molar-refractivity contribution < 1.29 is 0 Å². The van der Waals surface area contributed by atoms with E-state index >= 15 is 0 Å². The Hall–Kier alpha value is -2.14. The first kappa shape index (κ1) is 16.2. The maximum atomic E-state index is 9.50. The van der Waals surface area contributed by atoms with Crippen molar-refractivity contribution in [3.8, 4) is 23.3 Å². The Balaban J connectivity index is 2.96. The van der Waals surface area contributed by atoms with E-state index in [1.54, 1.807) is 24.3 Å². The lowest BCUT2D eigenvalue weighted by atomic mass is 9.90. The topological polar surface area (TPSA) is 47.6 Å². The molecule has 4 heteroatoms. The molecule has 0 bridgehead atoms. The lowest BCUT2D eigenvalue weighted by molar-refractivity contribution is 1.42. The highest BCUT2D eigenvalue weighted by Gasteiger charge is 2.18. The molecule has 0 aliphatic carbocycles. The summed E-state index contributed by atoms with van der Waals surface area (Å²) < 4.78 is 1.53. The van der Waals surface area contributed by atoms with Crippen LogP contribution in [0.5, 0.6) is 0 Å². The summed E-state index contributed by atoms with van der Waals surface area (Å²) in [5.41, 5.74) is 3.96. The van der Waals surface area contributed by atoms with Gasteiger partial charge in [0.2, 0.25) is 0 Å². The molecular formula is C18H10Br2N2. The van der Waals surface area contributed by atoms with Crippen LogP contribution >= 0.6 is 31.9 Å². The molecule has 0 fully saturated rings. The molecule has 2 aromatic rings. The van der Waals surface area contributed by atoms with Gasteiger partial charge in [-0.15, -0.1) is 0 Å². The summed E-state index contributed by atoms with van der Waals surface area (Å²) in [5.74, 6) is 0. The quantitative estimate of drug-likeness (QED) is 0.627. The van der Waals surface area contributed by atoms with E-state index in [9.17, 15) is 10.5 Å². The molecule has 2 aromatic carbocycles. The fraction of sp³-hybridized carbons (Fsp3) is 0. The molecule has 2 rings (SSSR count). The number of nitrogens with zero attached hydrogens (tertiary/aromatic N) is 2. The van der Waals surface area contributed by atoms with Gasteiger partial charge in [0.15, 0.2) is 0 Å². The van der Waals surface area contributed by atoms with Gasteiger partial charge in [0.25, 0.3) is 0 Å². The standard InChI is InChI=1S/C18H10Br2N2/c1-3-11-5-12(4-2)17(13(6-11)9-21)18-14(10-22)7-15(19)8-16(18)20/h3-8H,1-2H2. The highest BCUT2D eigenvalue weighted by Crippen LogP contribution is 2.39. The highest BCUT2D eigenvalue weighted by molar-refractivity contribution is 9.11. The van der Waals surface area contributed by atoms with E-state index in [-0.39, 0.29) is 0 Å². The molecule has 0 radical (unpaired) electrons. The van der Waals surface area contributed by atoms with Crippen molar-refractivity contribution in [2.45, 2.75) is 0 Å². The van der Waals surface area contributed by atoms with Crippen LogP contribution in [0.3, 0.4) is 0 Å². The molecule has 0 aliphatic heterocycles. The van der Waals surface area contributed by atoms with E-state index in [1.165, 1.54) is 0 Å². The molecule has 0 N–H and O–H groups in total. The molecular weight excluding hydrogens is 404 g/mol. The average molecular weight is 414 g/mol. The maximum Gasteiger partial charge on any atom is 0.0999 e. The van der Waals surface area contributed by atoms with E-state index in [1.807, 2.05) is 12.1 Å². The van der Waals surface area contributed by atoms with E-state index in [0.29, 0.717) is 22.3 Å². The fourth-order valence-electron chi connectivity index (χ4n) is 2.25. The van der Waals surface area contributed by atoms with Crippen molar-refractivity contribution in [3.05, 3.63) is 68.6 Å². The molecule has 0 amide bonds. The molecule has 2 nitrogen and oxygen atoms in total. The molecule has 0 atom stereocenters. The fourth-order valence-corrected chi connectivity index (χ4v) is 3.67. The van der Waals surface area contributed by atoms with Crippen LogP contribution in [0, 0.1) is 22.7 Å². The summed E-state index contributed by atoms with van der Waals surface area (Å²) >= 11 is 6.87. The Morgan fingerprint density at radius 1 is 0.864 bits per heavy atom. The molecule has 0 aliphatic rings. The second-order valence-corrected chi connectivity index (χ2v) is 6.24. The van der Waals surface area contributed by atoms with Crippen molar-refractivity contribution in [2.75, 3.05) is 0 Å². The van der Waals surface area contributed by atoms with Gasteiger partial charge in [-0.2, -0.15) is 10.5 Å². The van der Waals surface area contributed by atoms with E-state index in [2.05, 4.69) is 57.2 Å². The summed E-state index contributed by atoms with van der Waals surface area (Å²) in [7, 11) is 0. The number of hydrogen-bond acceptors (Lipinski definition) is 2. The largest absolute Gasteiger partial charge is 0.192 e. The summed E-state index contributed by atoms with van der Waals surface area (Å²) in [6.07, 6.45) is 3.36. The zero-order valence-corrected chi connectivity index (χ0v) is 14.7. The van der Waals surface area contributed by atoms with Gasteiger partial charge < -0.3 is 0 Å². The lowest BCUT2D eigenvalue weighted by Crippen LogP contribution is -1.95. The van der Waals surface area contributed by atoms with Crippen molar-refractivity contribution in [1.29, 1.82) is 10.5 Å². The van der Waals surface area contributed by atoms with Crippen LogP contribution in [-0.4, -0.2) is 0 Å². The number of benzene rings is 2. The molecule has 0 aromatic heterocycles. The Morgan fingerprint density at radius 2 is 1.50 bits per heavy atom. The van der Waals surface area contributed by atoms with Crippen molar-refractivity contribution in [3.63, 3.8) is 0 Å². The van der Waals surface area contributed by atoms with Gasteiger partial charge in [-0.1, -0.05) is 57.2 Å². The van der Waals surface area contributed by atoms with E-state index < -0.39 is 0 Å². The summed E-state index contributed by atoms with van der Waals surface area (Å²) in [6.45, 7) is 7.55. The molecule has 22 heavy (non-hydrogen) atoms. The Morgan fingerprint density at radius 3 is 2.05 bits per heavy atom. The third kappa shape index (κ3) is 2.90. The molecule has 0 saturated carbocycles. The van der Waals surface area contributed by atoms with Crippen LogP contribution < -0.4 is 0 Å². The Labute approximate surface area is 146 Å². The third-order valence-corrected chi connectivity index (χ3v) is 4.28. The minimum atomic E-state index is 0.479. The Kier molecular flexibility index (Phi) is 4.98. The monoisotopic (exact) mass is 412 g/mol. The first-order valence-corrected chi connectivity index (χ1v) is 7.86. The zero-order valence-electron chi connectivity index (χ0n) is 11.5. The second kappa shape index (κ2) is 6.75. The van der Waals surface area contributed by atoms with Crippen LogP contribution in [0.2, 0.25) is 0 Å². The predicted molar refractivity (Wildman–Crippen MR) is 96.9 cm³/mol. The van der Waals surface area contributed by atoms with Gasteiger partial charge in [-0.05, 0) is 35.4 Å². The molecule has 0 saturated heterocycles. The summed E-state index contributed by atoms with van der Waals surface area (Å²) in [5, 5.41) is 18.9. The number of halogens is 2. The maximum absolute atomic E-state index is 9.50. The summed E-state index contributed by atoms with van der Waals surface area (Å²) in [4.78, 5) is 0. The minimum absolute atomic E-state index is 0.479. The van der Waals surface area contributed by atoms with Crippen molar-refractivity contribution in [2.24, 2.45) is 0 Å². The molecule has 0 heterocycles. The van der Waals surface area contributed by atoms with Crippen LogP contribution in [-0.2, 0) is 0 Å². The highest BCUT2D eigenvalue weighted by atomic mass is 79.9.